The van der Waals surface area contributed by atoms with Crippen LogP contribution in [0.15, 0.2) is 29.9 Å². The minimum atomic E-state index is 0.535. The molecule has 4 nitrogen and oxygen atoms in total. The van der Waals surface area contributed by atoms with Crippen molar-refractivity contribution in [3.63, 3.8) is 0 Å². The Kier molecular flexibility index (Phi) is 3.89. The predicted octanol–water partition coefficient (Wildman–Crippen LogP) is 3.96. The second kappa shape index (κ2) is 5.81. The second-order valence-corrected chi connectivity index (χ2v) is 5.86. The maximum atomic E-state index is 6.04. The minimum Gasteiger partial charge on any atom is -0.384 e. The Bertz CT molecular complexity index is 719. The molecule has 3 rings (SSSR count). The van der Waals surface area contributed by atoms with E-state index < -0.39 is 0 Å². The highest BCUT2D eigenvalue weighted by atomic mass is 35.5. The third kappa shape index (κ3) is 2.78. The number of fused-ring (bicyclic) bond motifs is 1. The van der Waals surface area contributed by atoms with E-state index in [4.69, 9.17) is 11.6 Å². The molecule has 0 radical (unpaired) electrons. The zero-order valence-electron chi connectivity index (χ0n) is 11.1. The molecule has 0 saturated carbocycles. The number of nitrogens with one attached hydrogen (secondary N) is 1. The Balaban J connectivity index is 1.62. The molecule has 0 spiro atoms. The van der Waals surface area contributed by atoms with Crippen LogP contribution in [0, 0.1) is 6.92 Å². The molecule has 3 aromatic rings. The van der Waals surface area contributed by atoms with Crippen molar-refractivity contribution in [2.75, 3.05) is 11.9 Å². The molecule has 3 aromatic heterocycles. The molecule has 20 heavy (non-hydrogen) atoms. The normalized spacial score (nSPS) is 11.1. The molecule has 0 unspecified atom stereocenters. The summed E-state index contributed by atoms with van der Waals surface area (Å²) in [7, 11) is 0. The van der Waals surface area contributed by atoms with Gasteiger partial charge < -0.3 is 9.88 Å². The van der Waals surface area contributed by atoms with Crippen LogP contribution in [0.1, 0.15) is 12.2 Å². The summed E-state index contributed by atoms with van der Waals surface area (Å²) < 4.78 is 2.15. The van der Waals surface area contributed by atoms with E-state index in [2.05, 4.69) is 25.9 Å². The number of hydrogen-bond acceptors (Lipinski definition) is 4. The van der Waals surface area contributed by atoms with Crippen LogP contribution in [0.25, 0.3) is 10.2 Å². The van der Waals surface area contributed by atoms with Crippen LogP contribution in [0.4, 0.5) is 5.69 Å². The Morgan fingerprint density at radius 1 is 1.45 bits per heavy atom. The molecule has 0 aliphatic rings. The van der Waals surface area contributed by atoms with Crippen molar-refractivity contribution in [2.24, 2.45) is 0 Å². The number of halogens is 1. The van der Waals surface area contributed by atoms with Gasteiger partial charge in [-0.1, -0.05) is 11.6 Å². The fourth-order valence-corrected chi connectivity index (χ4v) is 3.21. The fourth-order valence-electron chi connectivity index (χ4n) is 2.18. The lowest BCUT2D eigenvalue weighted by Crippen LogP contribution is -2.07. The lowest BCUT2D eigenvalue weighted by atomic mass is 10.3. The highest BCUT2D eigenvalue weighted by molar-refractivity contribution is 7.16. The Hall–Kier alpha value is -1.59. The van der Waals surface area contributed by atoms with E-state index in [9.17, 15) is 0 Å². The van der Waals surface area contributed by atoms with Crippen molar-refractivity contribution < 1.29 is 0 Å². The highest BCUT2D eigenvalue weighted by Gasteiger charge is 2.05. The topological polar surface area (TPSA) is 42.7 Å². The van der Waals surface area contributed by atoms with Gasteiger partial charge in [0.05, 0.1) is 0 Å². The number of imidazole rings is 1. The first-order chi connectivity index (χ1) is 9.74. The van der Waals surface area contributed by atoms with Crippen molar-refractivity contribution in [1.29, 1.82) is 0 Å². The summed E-state index contributed by atoms with van der Waals surface area (Å²) in [6.45, 7) is 3.87. The van der Waals surface area contributed by atoms with Gasteiger partial charge in [0.15, 0.2) is 0 Å². The van der Waals surface area contributed by atoms with Gasteiger partial charge in [-0.25, -0.2) is 9.97 Å². The molecule has 0 bridgehead atoms. The molecule has 0 fully saturated rings. The van der Waals surface area contributed by atoms with Crippen molar-refractivity contribution in [2.45, 2.75) is 19.9 Å². The van der Waals surface area contributed by atoms with E-state index in [1.54, 1.807) is 11.3 Å². The lowest BCUT2D eigenvalue weighted by Gasteiger charge is -2.09. The molecule has 0 aliphatic heterocycles. The first-order valence-corrected chi connectivity index (χ1v) is 7.75. The van der Waals surface area contributed by atoms with E-state index in [0.29, 0.717) is 5.15 Å². The van der Waals surface area contributed by atoms with Crippen LogP contribution in [-0.4, -0.2) is 21.1 Å². The Morgan fingerprint density at radius 2 is 2.35 bits per heavy atom. The van der Waals surface area contributed by atoms with Gasteiger partial charge in [0, 0.05) is 36.6 Å². The van der Waals surface area contributed by atoms with E-state index in [1.807, 2.05) is 30.8 Å². The Labute approximate surface area is 126 Å². The van der Waals surface area contributed by atoms with Gasteiger partial charge >= 0.3 is 0 Å². The summed E-state index contributed by atoms with van der Waals surface area (Å²) in [6, 6.07) is 3.96. The summed E-state index contributed by atoms with van der Waals surface area (Å²) in [4.78, 5) is 9.50. The average Bonchev–Trinajstić information content (AvgIpc) is 3.03. The fraction of sp³-hybridized carbons (Fsp3) is 0.286. The molecule has 0 amide bonds. The summed E-state index contributed by atoms with van der Waals surface area (Å²) in [5.74, 6) is 1.05. The number of thiophene rings is 1. The molecule has 0 aromatic carbocycles. The second-order valence-electron chi connectivity index (χ2n) is 4.58. The third-order valence-electron chi connectivity index (χ3n) is 3.22. The number of pyridine rings is 1. The molecule has 0 aliphatic carbocycles. The number of aromatic nitrogens is 3. The van der Waals surface area contributed by atoms with Gasteiger partial charge in [0.2, 0.25) is 0 Å². The quantitative estimate of drug-likeness (QED) is 0.573. The smallest absolute Gasteiger partial charge is 0.132 e. The van der Waals surface area contributed by atoms with Crippen molar-refractivity contribution >= 4 is 38.8 Å². The largest absolute Gasteiger partial charge is 0.384 e. The molecule has 6 heteroatoms. The molecule has 0 saturated heterocycles. The zero-order chi connectivity index (χ0) is 13.9. The van der Waals surface area contributed by atoms with E-state index in [0.717, 1.165) is 41.2 Å². The highest BCUT2D eigenvalue weighted by Crippen LogP contribution is 2.28. The van der Waals surface area contributed by atoms with Gasteiger partial charge in [-0.15, -0.1) is 11.3 Å². The van der Waals surface area contributed by atoms with Crippen molar-refractivity contribution in [3.8, 4) is 0 Å². The van der Waals surface area contributed by atoms with Gasteiger partial charge in [-0.05, 0) is 30.9 Å². The van der Waals surface area contributed by atoms with Crippen LogP contribution in [0.2, 0.25) is 5.15 Å². The van der Waals surface area contributed by atoms with Gasteiger partial charge in [-0.3, -0.25) is 0 Å². The SMILES string of the molecule is Cc1nccn1CCCNc1cc(Cl)nc2sccc12. The van der Waals surface area contributed by atoms with Crippen LogP contribution < -0.4 is 5.32 Å². The molecule has 0 atom stereocenters. The number of anilines is 1. The van der Waals surface area contributed by atoms with Crippen LogP contribution >= 0.6 is 22.9 Å². The van der Waals surface area contributed by atoms with E-state index in [1.165, 1.54) is 0 Å². The molecule has 1 N–H and O–H groups in total. The van der Waals surface area contributed by atoms with E-state index in [-0.39, 0.29) is 0 Å². The third-order valence-corrected chi connectivity index (χ3v) is 4.22. The predicted molar refractivity (Wildman–Crippen MR) is 84.7 cm³/mol. The molecular formula is C14H15ClN4S. The van der Waals surface area contributed by atoms with Crippen molar-refractivity contribution in [3.05, 3.63) is 40.9 Å². The molecule has 3 heterocycles. The molecule has 104 valence electrons. The van der Waals surface area contributed by atoms with E-state index >= 15 is 0 Å². The summed E-state index contributed by atoms with van der Waals surface area (Å²) in [6.07, 6.45) is 4.87. The minimum absolute atomic E-state index is 0.535. The Morgan fingerprint density at radius 3 is 3.15 bits per heavy atom. The summed E-state index contributed by atoms with van der Waals surface area (Å²) in [5.41, 5.74) is 1.06. The number of nitrogens with zero attached hydrogens (tertiary/aromatic N) is 3. The number of hydrogen-bond donors (Lipinski definition) is 1. The van der Waals surface area contributed by atoms with Crippen molar-refractivity contribution in [1.82, 2.24) is 14.5 Å². The zero-order valence-corrected chi connectivity index (χ0v) is 12.7. The van der Waals surface area contributed by atoms with Crippen LogP contribution in [0.3, 0.4) is 0 Å². The summed E-state index contributed by atoms with van der Waals surface area (Å²) in [5, 5.41) is 7.15. The first kappa shape index (κ1) is 13.4. The standard InChI is InChI=1S/C14H15ClN4S/c1-10-16-5-7-19(10)6-2-4-17-12-9-13(15)18-14-11(12)3-8-20-14/h3,5,7-9H,2,4,6H2,1H3,(H,17,18). The van der Waals surface area contributed by atoms with Crippen LogP contribution in [-0.2, 0) is 6.54 Å². The monoisotopic (exact) mass is 306 g/mol. The first-order valence-electron chi connectivity index (χ1n) is 6.49. The van der Waals surface area contributed by atoms with Crippen LogP contribution in [0.5, 0.6) is 0 Å². The number of rotatable bonds is 5. The lowest BCUT2D eigenvalue weighted by molar-refractivity contribution is 0.643. The van der Waals surface area contributed by atoms with Gasteiger partial charge in [0.1, 0.15) is 15.8 Å². The van der Waals surface area contributed by atoms with Gasteiger partial charge in [0.25, 0.3) is 0 Å². The number of aryl methyl sites for hydroxylation is 2. The van der Waals surface area contributed by atoms with Gasteiger partial charge in [-0.2, -0.15) is 0 Å². The maximum Gasteiger partial charge on any atom is 0.132 e. The summed E-state index contributed by atoms with van der Waals surface area (Å²) >= 11 is 7.65. The average molecular weight is 307 g/mol. The molecular weight excluding hydrogens is 292 g/mol. The maximum absolute atomic E-state index is 6.04.